The SMILES string of the molecule is CN=C(\C=C/C(C)=N\C=C(/C)CC(F)F)c1ccn2nc(NC3CCN(C4COC4)CC3F)nc(NC)c12. The van der Waals surface area contributed by atoms with E-state index in [0.29, 0.717) is 61.0 Å². The molecule has 206 valence electrons. The van der Waals surface area contributed by atoms with Gasteiger partial charge in [-0.1, -0.05) is 0 Å². The van der Waals surface area contributed by atoms with Crippen molar-refractivity contribution in [1.29, 1.82) is 0 Å². The van der Waals surface area contributed by atoms with Crippen LogP contribution in [0.4, 0.5) is 24.9 Å². The zero-order chi connectivity index (χ0) is 27.2. The van der Waals surface area contributed by atoms with Crippen LogP contribution in [-0.4, -0.2) is 96.0 Å². The number of hydrogen-bond donors (Lipinski definition) is 2. The zero-order valence-corrected chi connectivity index (χ0v) is 22.2. The molecule has 0 bridgehead atoms. The highest BCUT2D eigenvalue weighted by atomic mass is 19.3. The molecule has 2 aromatic heterocycles. The number of hydrogen-bond acceptors (Lipinski definition) is 8. The first-order valence-electron chi connectivity index (χ1n) is 12.7. The van der Waals surface area contributed by atoms with E-state index in [1.165, 1.54) is 6.20 Å². The van der Waals surface area contributed by atoms with Gasteiger partial charge in [0.05, 0.1) is 31.0 Å². The summed E-state index contributed by atoms with van der Waals surface area (Å²) in [5, 5.41) is 10.9. The van der Waals surface area contributed by atoms with Crippen LogP contribution in [0, 0.1) is 0 Å². The van der Waals surface area contributed by atoms with Gasteiger partial charge in [0.15, 0.2) is 5.82 Å². The lowest BCUT2D eigenvalue weighted by Crippen LogP contribution is -2.57. The van der Waals surface area contributed by atoms with Gasteiger partial charge in [0.2, 0.25) is 12.4 Å². The largest absolute Gasteiger partial charge is 0.378 e. The van der Waals surface area contributed by atoms with Crippen molar-refractivity contribution in [3.8, 4) is 0 Å². The number of ether oxygens (including phenoxy) is 1. The topological polar surface area (TPSA) is 91.4 Å². The number of alkyl halides is 3. The second-order valence-corrected chi connectivity index (χ2v) is 9.58. The number of allylic oxidation sites excluding steroid dienone is 3. The summed E-state index contributed by atoms with van der Waals surface area (Å²) < 4.78 is 46.9. The second kappa shape index (κ2) is 12.5. The van der Waals surface area contributed by atoms with Crippen molar-refractivity contribution in [1.82, 2.24) is 19.5 Å². The Balaban J connectivity index is 1.50. The fraction of sp³-hybridized carbons (Fsp3) is 0.538. The molecule has 0 amide bonds. The van der Waals surface area contributed by atoms with Crippen molar-refractivity contribution in [3.05, 3.63) is 41.8 Å². The van der Waals surface area contributed by atoms with Gasteiger partial charge in [0.25, 0.3) is 0 Å². The minimum absolute atomic E-state index is 0.302. The van der Waals surface area contributed by atoms with Crippen LogP contribution < -0.4 is 10.6 Å². The van der Waals surface area contributed by atoms with Crippen LogP contribution in [0.25, 0.3) is 5.52 Å². The number of piperidine rings is 1. The molecule has 9 nitrogen and oxygen atoms in total. The Morgan fingerprint density at radius 2 is 2.08 bits per heavy atom. The maximum atomic E-state index is 15.0. The highest BCUT2D eigenvalue weighted by Gasteiger charge is 2.35. The number of fused-ring (bicyclic) bond motifs is 1. The number of likely N-dealkylation sites (tertiary alicyclic amines) is 1. The summed E-state index contributed by atoms with van der Waals surface area (Å²) in [6.07, 6.45) is 3.77. The molecule has 2 fully saturated rings. The zero-order valence-electron chi connectivity index (χ0n) is 22.2. The van der Waals surface area contributed by atoms with E-state index in [-0.39, 0.29) is 12.5 Å². The first-order valence-corrected chi connectivity index (χ1v) is 12.7. The van der Waals surface area contributed by atoms with Gasteiger partial charge in [-0.05, 0) is 44.1 Å². The third kappa shape index (κ3) is 6.60. The predicted octanol–water partition coefficient (Wildman–Crippen LogP) is 3.99. The number of halogens is 3. The molecule has 2 N–H and O–H groups in total. The fourth-order valence-electron chi connectivity index (χ4n) is 4.52. The Morgan fingerprint density at radius 1 is 1.29 bits per heavy atom. The molecule has 0 spiro atoms. The predicted molar refractivity (Wildman–Crippen MR) is 145 cm³/mol. The molecular formula is C26H35F3N8O. The van der Waals surface area contributed by atoms with Crippen LogP contribution in [-0.2, 0) is 4.74 Å². The van der Waals surface area contributed by atoms with Crippen molar-refractivity contribution < 1.29 is 17.9 Å². The second-order valence-electron chi connectivity index (χ2n) is 9.58. The Labute approximate surface area is 220 Å². The molecule has 2 saturated heterocycles. The van der Waals surface area contributed by atoms with E-state index in [4.69, 9.17) is 4.74 Å². The number of anilines is 2. The summed E-state index contributed by atoms with van der Waals surface area (Å²) in [4.78, 5) is 15.4. The number of aliphatic imine (C=N–C) groups is 2. The fourth-order valence-corrected chi connectivity index (χ4v) is 4.52. The molecule has 0 aromatic carbocycles. The number of rotatable bonds is 10. The molecule has 0 radical (unpaired) electrons. The Hall–Kier alpha value is -3.25. The number of nitrogens with one attached hydrogen (secondary N) is 2. The average Bonchev–Trinajstić information content (AvgIpc) is 3.27. The van der Waals surface area contributed by atoms with Crippen molar-refractivity contribution >= 4 is 28.7 Å². The van der Waals surface area contributed by atoms with Crippen LogP contribution in [0.3, 0.4) is 0 Å². The molecular weight excluding hydrogens is 497 g/mol. The summed E-state index contributed by atoms with van der Waals surface area (Å²) in [5.41, 5.74) is 3.36. The third-order valence-electron chi connectivity index (χ3n) is 6.74. The molecule has 2 aromatic rings. The van der Waals surface area contributed by atoms with E-state index in [1.54, 1.807) is 44.7 Å². The van der Waals surface area contributed by atoms with Crippen molar-refractivity contribution in [2.45, 2.75) is 51.4 Å². The van der Waals surface area contributed by atoms with Crippen LogP contribution in [0.1, 0.15) is 32.3 Å². The quantitative estimate of drug-likeness (QED) is 0.450. The van der Waals surface area contributed by atoms with Gasteiger partial charge in [-0.15, -0.1) is 5.10 Å². The summed E-state index contributed by atoms with van der Waals surface area (Å²) in [7, 11) is 3.45. The van der Waals surface area contributed by atoms with Gasteiger partial charge in [-0.3, -0.25) is 14.9 Å². The minimum Gasteiger partial charge on any atom is -0.378 e. The maximum absolute atomic E-state index is 15.0. The first kappa shape index (κ1) is 27.8. The molecule has 2 atom stereocenters. The summed E-state index contributed by atoms with van der Waals surface area (Å²) in [5.74, 6) is 0.920. The Bertz CT molecular complexity index is 1230. The molecule has 0 saturated carbocycles. The van der Waals surface area contributed by atoms with E-state index in [2.05, 4.69) is 35.6 Å². The standard InChI is InChI=1S/C26H35F3N8O/c1-16(11-23(28)29)12-32-17(2)5-6-21(30-3)19-7-10-37-24(19)25(31-4)34-26(35-37)33-22-8-9-36(13-20(22)27)18-14-38-15-18/h5-7,10,12,18,20,22-23H,8-9,11,13-15H2,1-4H3,(H2,31,33,34,35)/b6-5-,16-12+,30-21?,32-17-. The Morgan fingerprint density at radius 3 is 2.71 bits per heavy atom. The lowest BCUT2D eigenvalue weighted by atomic mass is 10.0. The van der Waals surface area contributed by atoms with Crippen LogP contribution in [0.15, 0.2) is 46.2 Å². The van der Waals surface area contributed by atoms with Gasteiger partial charge in [-0.25, -0.2) is 17.7 Å². The lowest BCUT2D eigenvalue weighted by Gasteiger charge is -2.42. The van der Waals surface area contributed by atoms with Gasteiger partial charge in [0, 0.05) is 57.3 Å². The molecule has 2 aliphatic heterocycles. The molecule has 2 aliphatic rings. The molecule has 0 aliphatic carbocycles. The summed E-state index contributed by atoms with van der Waals surface area (Å²) >= 11 is 0. The van der Waals surface area contributed by atoms with E-state index in [1.807, 2.05) is 12.1 Å². The van der Waals surface area contributed by atoms with Gasteiger partial charge in [-0.2, -0.15) is 4.98 Å². The van der Waals surface area contributed by atoms with Crippen LogP contribution in [0.2, 0.25) is 0 Å². The normalized spacial score (nSPS) is 22.5. The van der Waals surface area contributed by atoms with Gasteiger partial charge in [0.1, 0.15) is 11.7 Å². The molecule has 4 heterocycles. The molecule has 2 unspecified atom stereocenters. The average molecular weight is 533 g/mol. The van der Waals surface area contributed by atoms with E-state index >= 15 is 0 Å². The van der Waals surface area contributed by atoms with E-state index in [0.717, 1.165) is 17.6 Å². The summed E-state index contributed by atoms with van der Waals surface area (Å²) in [6, 6.07) is 1.83. The summed E-state index contributed by atoms with van der Waals surface area (Å²) in [6.45, 7) is 5.93. The van der Waals surface area contributed by atoms with Crippen LogP contribution in [0.5, 0.6) is 0 Å². The van der Waals surface area contributed by atoms with Crippen LogP contribution >= 0.6 is 0 Å². The number of aromatic nitrogens is 3. The monoisotopic (exact) mass is 532 g/mol. The van der Waals surface area contributed by atoms with Crippen molar-refractivity contribution in [3.63, 3.8) is 0 Å². The highest BCUT2D eigenvalue weighted by Crippen LogP contribution is 2.25. The van der Waals surface area contributed by atoms with Crippen molar-refractivity contribution in [2.75, 3.05) is 51.0 Å². The van der Waals surface area contributed by atoms with Gasteiger partial charge >= 0.3 is 0 Å². The van der Waals surface area contributed by atoms with E-state index in [9.17, 15) is 13.2 Å². The van der Waals surface area contributed by atoms with Crippen molar-refractivity contribution in [2.24, 2.45) is 9.98 Å². The molecule has 12 heteroatoms. The maximum Gasteiger partial charge on any atom is 0.243 e. The van der Waals surface area contributed by atoms with Gasteiger partial charge < -0.3 is 15.4 Å². The van der Waals surface area contributed by atoms with E-state index < -0.39 is 12.6 Å². The lowest BCUT2D eigenvalue weighted by molar-refractivity contribution is -0.0794. The smallest absolute Gasteiger partial charge is 0.243 e. The number of nitrogens with zero attached hydrogens (tertiary/aromatic N) is 6. The third-order valence-corrected chi connectivity index (χ3v) is 6.74. The Kier molecular flexibility index (Phi) is 9.16. The highest BCUT2D eigenvalue weighted by molar-refractivity contribution is 6.16. The molecule has 4 rings (SSSR count). The first-order chi connectivity index (χ1) is 18.3. The minimum atomic E-state index is -2.39. The molecule has 38 heavy (non-hydrogen) atoms.